The molecule has 0 amide bonds. The first-order valence-corrected chi connectivity index (χ1v) is 18.0. The standard InChI is InChI=1S/C42H54O2/c1-26(2)10-8-11-27(3)35-18-19-36-34-17-16-31-25-29(20-22-41(31,4)37(34)21-23-42(35,36)5)32-15-9-13-30-24-28-12-6-7-14-33(28)39(38(30)32)40(43)44/h6-7,9,12-16,24,26-27,29,34-37H,8,10-11,17-23,25H2,1-5H3,(H,43,44)/t27-,29?,34?,35-,36?,37?,41+,42-/m1/s1. The van der Waals surface area contributed by atoms with Gasteiger partial charge in [0.2, 0.25) is 0 Å². The van der Waals surface area contributed by atoms with Crippen molar-refractivity contribution >= 4 is 27.5 Å². The van der Waals surface area contributed by atoms with E-state index in [4.69, 9.17) is 0 Å². The van der Waals surface area contributed by atoms with Crippen LogP contribution in [0.15, 0.2) is 60.2 Å². The average Bonchev–Trinajstić information content (AvgIpc) is 3.36. The molecule has 7 rings (SSSR count). The van der Waals surface area contributed by atoms with Crippen molar-refractivity contribution in [1.82, 2.24) is 0 Å². The molecule has 2 nitrogen and oxygen atoms in total. The minimum absolute atomic E-state index is 0.300. The maximum atomic E-state index is 12.7. The summed E-state index contributed by atoms with van der Waals surface area (Å²) in [5.74, 6) is 4.69. The third-order valence-electron chi connectivity index (χ3n) is 13.9. The normalized spacial score (nSPS) is 34.0. The third kappa shape index (κ3) is 4.76. The zero-order chi connectivity index (χ0) is 30.8. The van der Waals surface area contributed by atoms with E-state index in [0.29, 0.717) is 22.3 Å². The molecule has 0 aliphatic heterocycles. The molecular formula is C42H54O2. The van der Waals surface area contributed by atoms with Crippen LogP contribution < -0.4 is 0 Å². The molecule has 0 heterocycles. The number of carboxylic acids is 1. The van der Waals surface area contributed by atoms with E-state index in [2.05, 4.69) is 65.0 Å². The van der Waals surface area contributed by atoms with Gasteiger partial charge in [-0.2, -0.15) is 0 Å². The fourth-order valence-corrected chi connectivity index (χ4v) is 11.7. The van der Waals surface area contributed by atoms with Gasteiger partial charge in [0, 0.05) is 5.39 Å². The van der Waals surface area contributed by atoms with Gasteiger partial charge in [0.15, 0.2) is 0 Å². The fourth-order valence-electron chi connectivity index (χ4n) is 11.7. The highest BCUT2D eigenvalue weighted by Gasteiger charge is 2.59. The minimum Gasteiger partial charge on any atom is -0.478 e. The number of allylic oxidation sites excluding steroid dienone is 2. The molecular weight excluding hydrogens is 536 g/mol. The van der Waals surface area contributed by atoms with E-state index >= 15 is 0 Å². The van der Waals surface area contributed by atoms with Gasteiger partial charge < -0.3 is 5.11 Å². The van der Waals surface area contributed by atoms with Crippen LogP contribution in [-0.2, 0) is 0 Å². The van der Waals surface area contributed by atoms with Crippen molar-refractivity contribution in [3.8, 4) is 0 Å². The van der Waals surface area contributed by atoms with Crippen LogP contribution >= 0.6 is 0 Å². The Bertz CT molecular complexity index is 1600. The molecule has 4 unspecified atom stereocenters. The average molecular weight is 591 g/mol. The number of fused-ring (bicyclic) bond motifs is 7. The molecule has 44 heavy (non-hydrogen) atoms. The van der Waals surface area contributed by atoms with Crippen LogP contribution in [0.4, 0.5) is 0 Å². The highest BCUT2D eigenvalue weighted by molar-refractivity contribution is 6.17. The Balaban J connectivity index is 1.16. The molecule has 0 spiro atoms. The van der Waals surface area contributed by atoms with Crippen molar-refractivity contribution in [1.29, 1.82) is 0 Å². The van der Waals surface area contributed by atoms with Gasteiger partial charge in [-0.15, -0.1) is 0 Å². The number of carboxylic acid groups (broad SMARTS) is 1. The molecule has 3 fully saturated rings. The summed E-state index contributed by atoms with van der Waals surface area (Å²) in [4.78, 5) is 12.7. The number of rotatable bonds is 7. The van der Waals surface area contributed by atoms with Gasteiger partial charge in [-0.25, -0.2) is 4.79 Å². The molecule has 4 aliphatic rings. The molecule has 4 aliphatic carbocycles. The number of benzene rings is 3. The van der Waals surface area contributed by atoms with Crippen molar-refractivity contribution in [2.75, 3.05) is 0 Å². The molecule has 3 aromatic rings. The van der Waals surface area contributed by atoms with Gasteiger partial charge in [-0.1, -0.05) is 108 Å². The SMILES string of the molecule is CC(C)CCC[C@@H](C)[C@H]1CCC2C3CC=C4CC(c5cccc6cc7ccccc7c(C(=O)O)c56)CC[C@]4(C)C3CC[C@@]21C. The maximum Gasteiger partial charge on any atom is 0.336 e. The molecule has 0 saturated heterocycles. The zero-order valence-electron chi connectivity index (χ0n) is 27.9. The van der Waals surface area contributed by atoms with Gasteiger partial charge in [0.25, 0.3) is 0 Å². The maximum absolute atomic E-state index is 12.7. The van der Waals surface area contributed by atoms with E-state index in [-0.39, 0.29) is 0 Å². The molecule has 3 aromatic carbocycles. The summed E-state index contributed by atoms with van der Waals surface area (Å²) in [7, 11) is 0. The molecule has 8 atom stereocenters. The van der Waals surface area contributed by atoms with Crippen LogP contribution in [-0.4, -0.2) is 11.1 Å². The number of hydrogen-bond donors (Lipinski definition) is 1. The largest absolute Gasteiger partial charge is 0.478 e. The zero-order valence-corrected chi connectivity index (χ0v) is 27.9. The minimum atomic E-state index is -0.811. The summed E-state index contributed by atoms with van der Waals surface area (Å²) in [6.07, 6.45) is 17.3. The smallest absolute Gasteiger partial charge is 0.336 e. The van der Waals surface area contributed by atoms with Crippen molar-refractivity contribution < 1.29 is 9.90 Å². The first-order chi connectivity index (χ1) is 21.1. The molecule has 3 saturated carbocycles. The van der Waals surface area contributed by atoms with Gasteiger partial charge in [0.05, 0.1) is 5.56 Å². The second-order valence-corrected chi connectivity index (χ2v) is 16.5. The molecule has 2 heteroatoms. The van der Waals surface area contributed by atoms with Crippen molar-refractivity contribution in [3.63, 3.8) is 0 Å². The molecule has 0 radical (unpaired) electrons. The van der Waals surface area contributed by atoms with E-state index in [0.717, 1.165) is 69.9 Å². The van der Waals surface area contributed by atoms with Crippen molar-refractivity contribution in [2.45, 2.75) is 111 Å². The van der Waals surface area contributed by atoms with E-state index in [1.165, 1.54) is 63.4 Å². The fraction of sp³-hybridized carbons (Fsp3) is 0.595. The van der Waals surface area contributed by atoms with Crippen LogP contribution in [0.5, 0.6) is 0 Å². The lowest BCUT2D eigenvalue weighted by Crippen LogP contribution is -2.50. The Kier molecular flexibility index (Phi) is 7.74. The van der Waals surface area contributed by atoms with E-state index < -0.39 is 5.97 Å². The van der Waals surface area contributed by atoms with Crippen LogP contribution in [0.1, 0.15) is 127 Å². The number of aromatic carboxylic acids is 1. The number of carbonyl (C=O) groups is 1. The summed E-state index contributed by atoms with van der Waals surface area (Å²) in [6.45, 7) is 12.6. The second kappa shape index (κ2) is 11.3. The summed E-state index contributed by atoms with van der Waals surface area (Å²) in [6, 6.07) is 16.7. The van der Waals surface area contributed by atoms with Gasteiger partial charge in [-0.3, -0.25) is 0 Å². The van der Waals surface area contributed by atoms with E-state index in [1.807, 2.05) is 24.3 Å². The molecule has 0 bridgehead atoms. The molecule has 0 aromatic heterocycles. The van der Waals surface area contributed by atoms with Crippen LogP contribution in [0.25, 0.3) is 21.5 Å². The Labute approximate surface area is 265 Å². The Morgan fingerprint density at radius 2 is 1.70 bits per heavy atom. The summed E-state index contributed by atoms with van der Waals surface area (Å²) in [5.41, 5.74) is 4.24. The van der Waals surface area contributed by atoms with Gasteiger partial charge in [0.1, 0.15) is 0 Å². The van der Waals surface area contributed by atoms with Gasteiger partial charge in [-0.05, 0) is 131 Å². The molecule has 1 N–H and O–H groups in total. The Morgan fingerprint density at radius 1 is 0.909 bits per heavy atom. The lowest BCUT2D eigenvalue weighted by atomic mass is 9.46. The van der Waals surface area contributed by atoms with Crippen molar-refractivity contribution in [2.24, 2.45) is 46.3 Å². The lowest BCUT2D eigenvalue weighted by Gasteiger charge is -2.58. The second-order valence-electron chi connectivity index (χ2n) is 16.5. The first kappa shape index (κ1) is 30.1. The lowest BCUT2D eigenvalue weighted by molar-refractivity contribution is -0.0510. The monoisotopic (exact) mass is 590 g/mol. The predicted molar refractivity (Wildman–Crippen MR) is 184 cm³/mol. The highest BCUT2D eigenvalue weighted by Crippen LogP contribution is 2.68. The summed E-state index contributed by atoms with van der Waals surface area (Å²) < 4.78 is 0. The Morgan fingerprint density at radius 3 is 2.50 bits per heavy atom. The van der Waals surface area contributed by atoms with Crippen LogP contribution in [0.2, 0.25) is 0 Å². The van der Waals surface area contributed by atoms with Crippen LogP contribution in [0.3, 0.4) is 0 Å². The van der Waals surface area contributed by atoms with Gasteiger partial charge >= 0.3 is 5.97 Å². The first-order valence-electron chi connectivity index (χ1n) is 18.0. The third-order valence-corrected chi connectivity index (χ3v) is 13.9. The van der Waals surface area contributed by atoms with E-state index in [1.54, 1.807) is 5.57 Å². The summed E-state index contributed by atoms with van der Waals surface area (Å²) >= 11 is 0. The predicted octanol–water partition coefficient (Wildman–Crippen LogP) is 11.8. The van der Waals surface area contributed by atoms with E-state index in [9.17, 15) is 9.90 Å². The van der Waals surface area contributed by atoms with Crippen molar-refractivity contribution in [3.05, 3.63) is 71.3 Å². The Hall–Kier alpha value is -2.61. The van der Waals surface area contributed by atoms with Crippen LogP contribution in [0, 0.1) is 46.3 Å². The summed E-state index contributed by atoms with van der Waals surface area (Å²) in [5, 5.41) is 14.4. The number of hydrogen-bond acceptors (Lipinski definition) is 1. The topological polar surface area (TPSA) is 37.3 Å². The highest BCUT2D eigenvalue weighted by atomic mass is 16.4. The quantitative estimate of drug-likeness (QED) is 0.219. The molecule has 234 valence electrons.